The number of carbonyl (C=O) groups excluding carboxylic acids is 1. The Morgan fingerprint density at radius 1 is 1.24 bits per heavy atom. The van der Waals surface area contributed by atoms with Gasteiger partial charge in [0.15, 0.2) is 0 Å². The zero-order valence-corrected chi connectivity index (χ0v) is 14.0. The van der Waals surface area contributed by atoms with Crippen LogP contribution in [0.5, 0.6) is 0 Å². The summed E-state index contributed by atoms with van der Waals surface area (Å²) in [6, 6.07) is 1.27. The second-order valence-electron chi connectivity index (χ2n) is 7.12. The van der Waals surface area contributed by atoms with Gasteiger partial charge >= 0.3 is 5.97 Å². The summed E-state index contributed by atoms with van der Waals surface area (Å²) in [4.78, 5) is 14.6. The Bertz CT molecular complexity index is 338. The van der Waals surface area contributed by atoms with Crippen LogP contribution in [0.3, 0.4) is 0 Å². The summed E-state index contributed by atoms with van der Waals surface area (Å²) in [5.74, 6) is -0.116. The summed E-state index contributed by atoms with van der Waals surface area (Å²) in [7, 11) is 3.73. The summed E-state index contributed by atoms with van der Waals surface area (Å²) in [6.45, 7) is 3.07. The van der Waals surface area contributed by atoms with E-state index in [1.807, 2.05) is 6.92 Å². The van der Waals surface area contributed by atoms with Gasteiger partial charge in [-0.25, -0.2) is 0 Å². The minimum Gasteiger partial charge on any atom is -0.468 e. The van der Waals surface area contributed by atoms with Crippen LogP contribution < -0.4 is 5.32 Å². The van der Waals surface area contributed by atoms with E-state index in [2.05, 4.69) is 17.3 Å². The largest absolute Gasteiger partial charge is 0.468 e. The maximum absolute atomic E-state index is 12.1. The van der Waals surface area contributed by atoms with Crippen LogP contribution >= 0.6 is 0 Å². The molecule has 0 saturated heterocycles. The summed E-state index contributed by atoms with van der Waals surface area (Å²) in [6.07, 6.45) is 11.1. The molecule has 0 aromatic carbocycles. The summed E-state index contributed by atoms with van der Waals surface area (Å²) >= 11 is 0. The first-order valence-electron chi connectivity index (χ1n) is 8.61. The van der Waals surface area contributed by atoms with Gasteiger partial charge in [-0.1, -0.05) is 19.3 Å². The van der Waals surface area contributed by atoms with Crippen molar-refractivity contribution in [3.63, 3.8) is 0 Å². The molecule has 4 nitrogen and oxygen atoms in total. The third-order valence-electron chi connectivity index (χ3n) is 5.12. The van der Waals surface area contributed by atoms with Crippen molar-refractivity contribution in [2.75, 3.05) is 20.7 Å². The Kier molecular flexibility index (Phi) is 6.06. The Morgan fingerprint density at radius 2 is 1.90 bits per heavy atom. The lowest BCUT2D eigenvalue weighted by atomic mass is 9.93. The monoisotopic (exact) mass is 296 g/mol. The van der Waals surface area contributed by atoms with Gasteiger partial charge in [-0.2, -0.15) is 0 Å². The van der Waals surface area contributed by atoms with Gasteiger partial charge in [0.2, 0.25) is 0 Å². The molecule has 0 heterocycles. The van der Waals surface area contributed by atoms with Crippen molar-refractivity contribution < 1.29 is 9.53 Å². The van der Waals surface area contributed by atoms with Crippen molar-refractivity contribution in [3.8, 4) is 0 Å². The molecule has 0 aromatic heterocycles. The maximum Gasteiger partial charge on any atom is 0.325 e. The quantitative estimate of drug-likeness (QED) is 0.699. The van der Waals surface area contributed by atoms with E-state index < -0.39 is 5.54 Å². The molecule has 0 amide bonds. The molecule has 21 heavy (non-hydrogen) atoms. The zero-order chi connectivity index (χ0) is 15.3. The van der Waals surface area contributed by atoms with Crippen LogP contribution in [0.15, 0.2) is 0 Å². The number of ether oxygens (including phenoxy) is 1. The number of hydrogen-bond acceptors (Lipinski definition) is 4. The van der Waals surface area contributed by atoms with Gasteiger partial charge in [-0.05, 0) is 59.0 Å². The minimum atomic E-state index is -0.511. The van der Waals surface area contributed by atoms with Crippen LogP contribution in [-0.2, 0) is 9.53 Å². The lowest BCUT2D eigenvalue weighted by molar-refractivity contribution is -0.148. The molecule has 2 aliphatic rings. The van der Waals surface area contributed by atoms with E-state index >= 15 is 0 Å². The Hall–Kier alpha value is -0.610. The maximum atomic E-state index is 12.1. The van der Waals surface area contributed by atoms with Crippen LogP contribution in [0.1, 0.15) is 64.7 Å². The van der Waals surface area contributed by atoms with Gasteiger partial charge in [0.05, 0.1) is 7.11 Å². The molecule has 122 valence electrons. The average molecular weight is 296 g/mol. The van der Waals surface area contributed by atoms with Crippen LogP contribution in [-0.4, -0.2) is 49.2 Å². The molecule has 2 fully saturated rings. The highest BCUT2D eigenvalue weighted by Gasteiger charge is 2.38. The first kappa shape index (κ1) is 16.8. The van der Waals surface area contributed by atoms with E-state index in [-0.39, 0.29) is 5.97 Å². The summed E-state index contributed by atoms with van der Waals surface area (Å²) in [5.41, 5.74) is -0.511. The van der Waals surface area contributed by atoms with Crippen LogP contribution in [0.25, 0.3) is 0 Å². The fraction of sp³-hybridized carbons (Fsp3) is 0.941. The van der Waals surface area contributed by atoms with Crippen molar-refractivity contribution in [2.24, 2.45) is 0 Å². The normalized spacial score (nSPS) is 23.0. The first-order valence-corrected chi connectivity index (χ1v) is 8.61. The number of methoxy groups -OCH3 is 1. The van der Waals surface area contributed by atoms with Crippen molar-refractivity contribution in [2.45, 2.75) is 82.3 Å². The third kappa shape index (κ3) is 4.96. The molecule has 0 spiro atoms. The molecule has 1 unspecified atom stereocenters. The highest BCUT2D eigenvalue weighted by Crippen LogP contribution is 2.26. The van der Waals surface area contributed by atoms with E-state index in [0.717, 1.165) is 25.4 Å². The topological polar surface area (TPSA) is 41.6 Å². The highest BCUT2D eigenvalue weighted by atomic mass is 16.5. The van der Waals surface area contributed by atoms with Crippen molar-refractivity contribution in [1.82, 2.24) is 10.2 Å². The Labute approximate surface area is 129 Å². The van der Waals surface area contributed by atoms with Gasteiger partial charge in [-0.3, -0.25) is 10.1 Å². The minimum absolute atomic E-state index is 0.116. The smallest absolute Gasteiger partial charge is 0.325 e. The van der Waals surface area contributed by atoms with Crippen LogP contribution in [0.4, 0.5) is 0 Å². The van der Waals surface area contributed by atoms with Crippen LogP contribution in [0, 0.1) is 0 Å². The second kappa shape index (κ2) is 7.59. The number of rotatable bonds is 8. The number of hydrogen-bond donors (Lipinski definition) is 1. The van der Waals surface area contributed by atoms with Crippen LogP contribution in [0.2, 0.25) is 0 Å². The predicted molar refractivity (Wildman–Crippen MR) is 85.3 cm³/mol. The van der Waals surface area contributed by atoms with Gasteiger partial charge in [0, 0.05) is 12.1 Å². The molecule has 0 bridgehead atoms. The fourth-order valence-electron chi connectivity index (χ4n) is 3.52. The SMILES string of the molecule is COC(=O)C(C)(CCCN(C)C1CCCCC1)NC1CC1. The van der Waals surface area contributed by atoms with E-state index in [0.29, 0.717) is 6.04 Å². The van der Waals surface area contributed by atoms with Crippen molar-refractivity contribution in [3.05, 3.63) is 0 Å². The zero-order valence-electron chi connectivity index (χ0n) is 14.0. The molecule has 2 rings (SSSR count). The number of esters is 1. The van der Waals surface area contributed by atoms with Gasteiger partial charge in [0.25, 0.3) is 0 Å². The second-order valence-corrected chi connectivity index (χ2v) is 7.12. The Morgan fingerprint density at radius 3 is 2.48 bits per heavy atom. The molecule has 2 aliphatic carbocycles. The van der Waals surface area contributed by atoms with E-state index in [1.165, 1.54) is 52.1 Å². The van der Waals surface area contributed by atoms with Gasteiger partial charge in [-0.15, -0.1) is 0 Å². The molecular weight excluding hydrogens is 264 g/mol. The molecule has 2 saturated carbocycles. The van der Waals surface area contributed by atoms with Gasteiger partial charge in [0.1, 0.15) is 5.54 Å². The molecule has 0 aliphatic heterocycles. The predicted octanol–water partition coefficient (Wildman–Crippen LogP) is 2.71. The average Bonchev–Trinajstić information content (AvgIpc) is 3.30. The Balaban J connectivity index is 1.76. The van der Waals surface area contributed by atoms with Crippen molar-refractivity contribution in [1.29, 1.82) is 0 Å². The van der Waals surface area contributed by atoms with E-state index in [4.69, 9.17) is 4.74 Å². The fourth-order valence-corrected chi connectivity index (χ4v) is 3.52. The van der Waals surface area contributed by atoms with Gasteiger partial charge < -0.3 is 9.64 Å². The summed E-state index contributed by atoms with van der Waals surface area (Å²) < 4.78 is 5.00. The van der Waals surface area contributed by atoms with E-state index in [9.17, 15) is 4.79 Å². The molecule has 0 aromatic rings. The molecule has 4 heteroatoms. The molecular formula is C17H32N2O2. The lowest BCUT2D eigenvalue weighted by Crippen LogP contribution is -2.51. The molecule has 1 N–H and O–H groups in total. The highest BCUT2D eigenvalue weighted by molar-refractivity contribution is 5.80. The molecule has 1 atom stereocenters. The standard InChI is InChI=1S/C17H32N2O2/c1-17(16(20)21-3,18-14-10-11-14)12-7-13-19(2)15-8-5-4-6-9-15/h14-15,18H,4-13H2,1-3H3. The first-order chi connectivity index (χ1) is 10.0. The lowest BCUT2D eigenvalue weighted by Gasteiger charge is -2.33. The number of nitrogens with one attached hydrogen (secondary N) is 1. The number of nitrogens with zero attached hydrogens (tertiary/aromatic N) is 1. The third-order valence-corrected chi connectivity index (χ3v) is 5.12. The summed E-state index contributed by atoms with van der Waals surface area (Å²) in [5, 5.41) is 3.48. The number of carbonyl (C=O) groups is 1. The van der Waals surface area contributed by atoms with E-state index in [1.54, 1.807) is 0 Å². The van der Waals surface area contributed by atoms with Crippen molar-refractivity contribution >= 4 is 5.97 Å². The molecule has 0 radical (unpaired) electrons.